The highest BCUT2D eigenvalue weighted by molar-refractivity contribution is 5.76. The van der Waals surface area contributed by atoms with Gasteiger partial charge in [0.05, 0.1) is 12.5 Å². The molecule has 0 radical (unpaired) electrons. The predicted molar refractivity (Wildman–Crippen MR) is 101 cm³/mol. The number of carbonyl (C=O) groups is 1. The summed E-state index contributed by atoms with van der Waals surface area (Å²) in [5, 5.41) is 3.04. The molecule has 0 aliphatic rings. The number of nitrogens with one attached hydrogen (secondary N) is 1. The fourth-order valence-corrected chi connectivity index (χ4v) is 2.98. The number of amides is 1. The molecule has 1 N–H and O–H groups in total. The topological polar surface area (TPSA) is 34.0 Å². The summed E-state index contributed by atoms with van der Waals surface area (Å²) in [5.41, 5.74) is 4.70. The first-order valence-corrected chi connectivity index (χ1v) is 8.63. The van der Waals surface area contributed by atoms with Gasteiger partial charge < -0.3 is 9.88 Å². The van der Waals surface area contributed by atoms with E-state index in [1.807, 2.05) is 30.6 Å². The van der Waals surface area contributed by atoms with Gasteiger partial charge in [-0.2, -0.15) is 0 Å². The number of carbonyl (C=O) groups excluding carboxylic acids is 1. The molecular weight excluding hydrogens is 308 g/mol. The lowest BCUT2D eigenvalue weighted by Gasteiger charge is -2.20. The number of aryl methyl sites for hydroxylation is 2. The van der Waals surface area contributed by atoms with Crippen molar-refractivity contribution < 1.29 is 4.79 Å². The second kappa shape index (κ2) is 7.84. The van der Waals surface area contributed by atoms with Gasteiger partial charge in [-0.1, -0.05) is 59.7 Å². The van der Waals surface area contributed by atoms with Crippen molar-refractivity contribution >= 4 is 5.91 Å². The standard InChI is InChI=1S/C22H24N2O/c1-17-8-10-19(11-9-17)16-23-22(25)15-21(24-12-3-4-13-24)20-7-5-6-18(2)14-20/h3-14,21H,15-16H2,1-2H3,(H,23,25). The van der Waals surface area contributed by atoms with Gasteiger partial charge in [-0.25, -0.2) is 0 Å². The molecule has 1 aromatic heterocycles. The summed E-state index contributed by atoms with van der Waals surface area (Å²) >= 11 is 0. The first-order valence-electron chi connectivity index (χ1n) is 8.63. The molecule has 1 amide bonds. The van der Waals surface area contributed by atoms with Gasteiger partial charge in [-0.05, 0) is 37.1 Å². The summed E-state index contributed by atoms with van der Waals surface area (Å²) in [7, 11) is 0. The zero-order valence-electron chi connectivity index (χ0n) is 14.8. The molecule has 1 unspecified atom stereocenters. The Kier molecular flexibility index (Phi) is 5.34. The second-order valence-corrected chi connectivity index (χ2v) is 6.53. The van der Waals surface area contributed by atoms with Crippen LogP contribution in [0.3, 0.4) is 0 Å². The number of rotatable bonds is 6. The highest BCUT2D eigenvalue weighted by atomic mass is 16.1. The van der Waals surface area contributed by atoms with E-state index < -0.39 is 0 Å². The minimum Gasteiger partial charge on any atom is -0.352 e. The fourth-order valence-electron chi connectivity index (χ4n) is 2.98. The van der Waals surface area contributed by atoms with Crippen molar-refractivity contribution in [3.8, 4) is 0 Å². The van der Waals surface area contributed by atoms with E-state index in [9.17, 15) is 4.79 Å². The van der Waals surface area contributed by atoms with E-state index >= 15 is 0 Å². The van der Waals surface area contributed by atoms with E-state index in [4.69, 9.17) is 0 Å². The third-order valence-electron chi connectivity index (χ3n) is 4.40. The molecule has 3 heteroatoms. The van der Waals surface area contributed by atoms with Crippen molar-refractivity contribution in [1.29, 1.82) is 0 Å². The van der Waals surface area contributed by atoms with Crippen molar-refractivity contribution in [2.24, 2.45) is 0 Å². The maximum atomic E-state index is 12.5. The van der Waals surface area contributed by atoms with E-state index in [2.05, 4.69) is 66.2 Å². The first kappa shape index (κ1) is 17.0. The third-order valence-corrected chi connectivity index (χ3v) is 4.40. The van der Waals surface area contributed by atoms with E-state index in [1.54, 1.807) is 0 Å². The number of hydrogen-bond donors (Lipinski definition) is 1. The number of nitrogens with zero attached hydrogens (tertiary/aromatic N) is 1. The van der Waals surface area contributed by atoms with Gasteiger partial charge in [0.15, 0.2) is 0 Å². The van der Waals surface area contributed by atoms with Crippen LogP contribution in [0.25, 0.3) is 0 Å². The molecule has 128 valence electrons. The van der Waals surface area contributed by atoms with Gasteiger partial charge >= 0.3 is 0 Å². The van der Waals surface area contributed by atoms with Crippen LogP contribution in [0.1, 0.15) is 34.7 Å². The molecule has 3 aromatic rings. The predicted octanol–water partition coefficient (Wildman–Crippen LogP) is 4.40. The lowest BCUT2D eigenvalue weighted by atomic mass is 10.0. The van der Waals surface area contributed by atoms with Crippen LogP contribution in [0.2, 0.25) is 0 Å². The molecule has 1 heterocycles. The maximum Gasteiger partial charge on any atom is 0.222 e. The Morgan fingerprint density at radius 2 is 1.68 bits per heavy atom. The lowest BCUT2D eigenvalue weighted by molar-refractivity contribution is -0.121. The van der Waals surface area contributed by atoms with Gasteiger partial charge in [0.25, 0.3) is 0 Å². The Morgan fingerprint density at radius 3 is 2.36 bits per heavy atom. The summed E-state index contributed by atoms with van der Waals surface area (Å²) in [6.45, 7) is 4.70. The average Bonchev–Trinajstić information content (AvgIpc) is 3.13. The van der Waals surface area contributed by atoms with Gasteiger partial charge in [-0.15, -0.1) is 0 Å². The number of aromatic nitrogens is 1. The van der Waals surface area contributed by atoms with Crippen LogP contribution >= 0.6 is 0 Å². The van der Waals surface area contributed by atoms with Crippen LogP contribution in [0.4, 0.5) is 0 Å². The smallest absolute Gasteiger partial charge is 0.222 e. The van der Waals surface area contributed by atoms with Crippen LogP contribution in [-0.2, 0) is 11.3 Å². The minimum absolute atomic E-state index is 0.00733. The molecule has 0 saturated heterocycles. The maximum absolute atomic E-state index is 12.5. The van der Waals surface area contributed by atoms with Crippen molar-refractivity contribution in [3.05, 3.63) is 95.3 Å². The summed E-state index contributed by atoms with van der Waals surface area (Å²) < 4.78 is 2.10. The second-order valence-electron chi connectivity index (χ2n) is 6.53. The Hall–Kier alpha value is -2.81. The molecule has 3 nitrogen and oxygen atoms in total. The van der Waals surface area contributed by atoms with Crippen molar-refractivity contribution in [2.45, 2.75) is 32.9 Å². The van der Waals surface area contributed by atoms with Crippen LogP contribution in [0.5, 0.6) is 0 Å². The summed E-state index contributed by atoms with van der Waals surface area (Å²) in [4.78, 5) is 12.5. The van der Waals surface area contributed by atoms with Gasteiger partial charge in [0.1, 0.15) is 0 Å². The lowest BCUT2D eigenvalue weighted by Crippen LogP contribution is -2.26. The van der Waals surface area contributed by atoms with Crippen molar-refractivity contribution in [2.75, 3.05) is 0 Å². The molecule has 0 aliphatic carbocycles. The normalized spacial score (nSPS) is 11.9. The molecule has 0 bridgehead atoms. The van der Waals surface area contributed by atoms with E-state index in [0.29, 0.717) is 13.0 Å². The van der Waals surface area contributed by atoms with Crippen molar-refractivity contribution in [1.82, 2.24) is 9.88 Å². The molecule has 0 saturated carbocycles. The van der Waals surface area contributed by atoms with Crippen molar-refractivity contribution in [3.63, 3.8) is 0 Å². The molecule has 0 spiro atoms. The highest BCUT2D eigenvalue weighted by Gasteiger charge is 2.17. The molecule has 2 aromatic carbocycles. The number of hydrogen-bond acceptors (Lipinski definition) is 1. The van der Waals surface area contributed by atoms with E-state index in [-0.39, 0.29) is 11.9 Å². The minimum atomic E-state index is 0.00733. The van der Waals surface area contributed by atoms with E-state index in [0.717, 1.165) is 11.1 Å². The summed E-state index contributed by atoms with van der Waals surface area (Å²) in [5.74, 6) is 0.0563. The molecule has 25 heavy (non-hydrogen) atoms. The fraction of sp³-hybridized carbons (Fsp3) is 0.227. The van der Waals surface area contributed by atoms with Gasteiger partial charge in [-0.3, -0.25) is 4.79 Å². The average molecular weight is 332 g/mol. The number of benzene rings is 2. The highest BCUT2D eigenvalue weighted by Crippen LogP contribution is 2.23. The summed E-state index contributed by atoms with van der Waals surface area (Å²) in [6.07, 6.45) is 4.45. The monoisotopic (exact) mass is 332 g/mol. The zero-order valence-corrected chi connectivity index (χ0v) is 14.8. The largest absolute Gasteiger partial charge is 0.352 e. The molecule has 3 rings (SSSR count). The van der Waals surface area contributed by atoms with Crippen LogP contribution in [-0.4, -0.2) is 10.5 Å². The third kappa shape index (κ3) is 4.60. The van der Waals surface area contributed by atoms with Gasteiger partial charge in [0.2, 0.25) is 5.91 Å². The quantitative estimate of drug-likeness (QED) is 0.713. The van der Waals surface area contributed by atoms with Gasteiger partial charge in [0, 0.05) is 18.9 Å². The Balaban J connectivity index is 1.69. The first-order chi connectivity index (χ1) is 12.1. The van der Waals surface area contributed by atoms with E-state index in [1.165, 1.54) is 11.1 Å². The Bertz CT molecular complexity index is 819. The van der Waals surface area contributed by atoms with Crippen LogP contribution < -0.4 is 5.32 Å². The Morgan fingerprint density at radius 1 is 0.960 bits per heavy atom. The molecule has 1 atom stereocenters. The molecule has 0 aliphatic heterocycles. The summed E-state index contributed by atoms with van der Waals surface area (Å²) in [6, 6.07) is 20.6. The zero-order chi connectivity index (χ0) is 17.6. The molecular formula is C22H24N2O. The Labute approximate surface area is 149 Å². The molecule has 0 fully saturated rings. The van der Waals surface area contributed by atoms with Crippen LogP contribution in [0.15, 0.2) is 73.1 Å². The SMILES string of the molecule is Cc1ccc(CNC(=O)CC(c2cccc(C)c2)n2cccc2)cc1. The van der Waals surface area contributed by atoms with Crippen LogP contribution in [0, 0.1) is 13.8 Å².